The normalized spacial score (nSPS) is 11.2. The Morgan fingerprint density at radius 1 is 1.14 bits per heavy atom. The summed E-state index contributed by atoms with van der Waals surface area (Å²) in [4.78, 5) is 25.0. The molecule has 3 aromatic heterocycles. The van der Waals surface area contributed by atoms with Crippen LogP contribution in [0.3, 0.4) is 0 Å². The standard InChI is InChI=1S/C21H22N6O2/c1-13(2)10-24-19-20-25-12-17(27(20)16-7-5-4-6-15(16)26-19)14-8-9-18(23-11-14)29-21(28)22-3/h4-9,11-13H,10H2,1-3H3,(H,22,28)(H,24,26). The third kappa shape index (κ3) is 3.69. The van der Waals surface area contributed by atoms with Gasteiger partial charge in [-0.3, -0.25) is 4.40 Å². The van der Waals surface area contributed by atoms with Gasteiger partial charge in [-0.2, -0.15) is 0 Å². The smallest absolute Gasteiger partial charge is 0.391 e. The van der Waals surface area contributed by atoms with E-state index in [0.29, 0.717) is 5.92 Å². The molecule has 3 heterocycles. The molecule has 0 saturated heterocycles. The van der Waals surface area contributed by atoms with Gasteiger partial charge in [0.1, 0.15) is 0 Å². The van der Waals surface area contributed by atoms with Crippen LogP contribution in [0.25, 0.3) is 27.9 Å². The number of carbonyl (C=O) groups is 1. The summed E-state index contributed by atoms with van der Waals surface area (Å²) in [5.74, 6) is 1.46. The summed E-state index contributed by atoms with van der Waals surface area (Å²) < 4.78 is 7.13. The summed E-state index contributed by atoms with van der Waals surface area (Å²) in [5.41, 5.74) is 4.32. The van der Waals surface area contributed by atoms with E-state index in [1.807, 2.05) is 30.3 Å². The van der Waals surface area contributed by atoms with Gasteiger partial charge in [0.15, 0.2) is 11.5 Å². The molecule has 1 amide bonds. The Hall–Kier alpha value is -3.68. The Labute approximate surface area is 168 Å². The minimum Gasteiger partial charge on any atom is -0.391 e. The molecular weight excluding hydrogens is 368 g/mol. The topological polar surface area (TPSA) is 93.4 Å². The Bertz CT molecular complexity index is 1170. The fourth-order valence-corrected chi connectivity index (χ4v) is 3.04. The van der Waals surface area contributed by atoms with Crippen LogP contribution in [0.5, 0.6) is 5.88 Å². The van der Waals surface area contributed by atoms with Gasteiger partial charge < -0.3 is 15.4 Å². The average Bonchev–Trinajstić information content (AvgIpc) is 3.18. The molecule has 29 heavy (non-hydrogen) atoms. The summed E-state index contributed by atoms with van der Waals surface area (Å²) in [6, 6.07) is 11.5. The minimum absolute atomic E-state index is 0.229. The molecule has 0 atom stereocenters. The molecule has 4 rings (SSSR count). The van der Waals surface area contributed by atoms with Crippen molar-refractivity contribution in [2.75, 3.05) is 18.9 Å². The lowest BCUT2D eigenvalue weighted by Gasteiger charge is -2.12. The van der Waals surface area contributed by atoms with E-state index in [2.05, 4.69) is 38.8 Å². The van der Waals surface area contributed by atoms with Gasteiger partial charge in [0.05, 0.1) is 22.9 Å². The second-order valence-corrected chi connectivity index (χ2v) is 7.05. The number of nitrogens with one attached hydrogen (secondary N) is 2. The number of imidazole rings is 1. The largest absolute Gasteiger partial charge is 0.413 e. The summed E-state index contributed by atoms with van der Waals surface area (Å²) in [6.07, 6.45) is 2.91. The van der Waals surface area contributed by atoms with E-state index >= 15 is 0 Å². The third-order valence-corrected chi connectivity index (χ3v) is 4.44. The van der Waals surface area contributed by atoms with Crippen LogP contribution in [0, 0.1) is 5.92 Å². The highest BCUT2D eigenvalue weighted by Gasteiger charge is 2.15. The molecule has 8 nitrogen and oxygen atoms in total. The van der Waals surface area contributed by atoms with Gasteiger partial charge in [-0.25, -0.2) is 19.7 Å². The molecule has 0 aliphatic heterocycles. The molecule has 0 fully saturated rings. The van der Waals surface area contributed by atoms with E-state index in [-0.39, 0.29) is 5.88 Å². The number of para-hydroxylation sites is 2. The van der Waals surface area contributed by atoms with Crippen molar-refractivity contribution in [1.82, 2.24) is 24.7 Å². The maximum atomic E-state index is 11.4. The number of carbonyl (C=O) groups excluding carboxylic acids is 1. The fourth-order valence-electron chi connectivity index (χ4n) is 3.04. The molecule has 8 heteroatoms. The van der Waals surface area contributed by atoms with Gasteiger partial charge in [-0.15, -0.1) is 0 Å². The van der Waals surface area contributed by atoms with Crippen LogP contribution in [0.2, 0.25) is 0 Å². The molecule has 0 bridgehead atoms. The summed E-state index contributed by atoms with van der Waals surface area (Å²) in [7, 11) is 1.50. The molecule has 2 N–H and O–H groups in total. The van der Waals surface area contributed by atoms with Gasteiger partial charge in [0.25, 0.3) is 0 Å². The molecule has 0 radical (unpaired) electrons. The molecule has 0 aliphatic carbocycles. The number of pyridine rings is 1. The van der Waals surface area contributed by atoms with E-state index in [9.17, 15) is 4.79 Å². The highest BCUT2D eigenvalue weighted by molar-refractivity contribution is 5.86. The van der Waals surface area contributed by atoms with Crippen LogP contribution in [0.1, 0.15) is 13.8 Å². The zero-order valence-electron chi connectivity index (χ0n) is 16.5. The van der Waals surface area contributed by atoms with Gasteiger partial charge in [-0.1, -0.05) is 26.0 Å². The maximum Gasteiger partial charge on any atom is 0.413 e. The van der Waals surface area contributed by atoms with Crippen molar-refractivity contribution in [2.45, 2.75) is 13.8 Å². The van der Waals surface area contributed by atoms with Crippen LogP contribution >= 0.6 is 0 Å². The predicted molar refractivity (Wildman–Crippen MR) is 112 cm³/mol. The molecule has 0 saturated carbocycles. The molecule has 4 aromatic rings. The number of rotatable bonds is 5. The first-order valence-corrected chi connectivity index (χ1v) is 9.43. The molecule has 0 unspecified atom stereocenters. The number of ether oxygens (including phenoxy) is 1. The van der Waals surface area contributed by atoms with E-state index in [0.717, 1.165) is 40.3 Å². The van der Waals surface area contributed by atoms with Crippen molar-refractivity contribution in [1.29, 1.82) is 0 Å². The number of amides is 1. The predicted octanol–water partition coefficient (Wildman–Crippen LogP) is 3.73. The number of anilines is 1. The van der Waals surface area contributed by atoms with E-state index < -0.39 is 6.09 Å². The second-order valence-electron chi connectivity index (χ2n) is 7.05. The average molecular weight is 390 g/mol. The number of hydrogen-bond donors (Lipinski definition) is 2. The van der Waals surface area contributed by atoms with Crippen molar-refractivity contribution in [3.05, 3.63) is 48.8 Å². The van der Waals surface area contributed by atoms with E-state index in [4.69, 9.17) is 9.72 Å². The number of benzene rings is 1. The summed E-state index contributed by atoms with van der Waals surface area (Å²) in [5, 5.41) is 5.80. The second kappa shape index (κ2) is 7.75. The van der Waals surface area contributed by atoms with Crippen LogP contribution in [0.15, 0.2) is 48.8 Å². The van der Waals surface area contributed by atoms with Crippen molar-refractivity contribution in [3.8, 4) is 17.1 Å². The van der Waals surface area contributed by atoms with Crippen LogP contribution in [0.4, 0.5) is 10.6 Å². The zero-order valence-corrected chi connectivity index (χ0v) is 16.5. The first-order valence-electron chi connectivity index (χ1n) is 9.43. The first kappa shape index (κ1) is 18.7. The van der Waals surface area contributed by atoms with Gasteiger partial charge in [-0.05, 0) is 24.1 Å². The Morgan fingerprint density at radius 3 is 2.69 bits per heavy atom. The Kier molecular flexibility index (Phi) is 4.99. The van der Waals surface area contributed by atoms with Crippen molar-refractivity contribution < 1.29 is 9.53 Å². The number of hydrogen-bond acceptors (Lipinski definition) is 6. The van der Waals surface area contributed by atoms with E-state index in [1.165, 1.54) is 7.05 Å². The molecule has 0 aliphatic rings. The van der Waals surface area contributed by atoms with Crippen LogP contribution < -0.4 is 15.4 Å². The Balaban J connectivity index is 1.82. The highest BCUT2D eigenvalue weighted by atomic mass is 16.6. The lowest BCUT2D eigenvalue weighted by molar-refractivity contribution is 0.201. The minimum atomic E-state index is -0.557. The van der Waals surface area contributed by atoms with E-state index in [1.54, 1.807) is 18.5 Å². The van der Waals surface area contributed by atoms with Crippen molar-refractivity contribution in [3.63, 3.8) is 0 Å². The Morgan fingerprint density at radius 2 is 1.97 bits per heavy atom. The summed E-state index contributed by atoms with van der Waals surface area (Å²) >= 11 is 0. The summed E-state index contributed by atoms with van der Waals surface area (Å²) in [6.45, 7) is 5.10. The highest BCUT2D eigenvalue weighted by Crippen LogP contribution is 2.28. The fraction of sp³-hybridized carbons (Fsp3) is 0.238. The lowest BCUT2D eigenvalue weighted by Crippen LogP contribution is -2.22. The van der Waals surface area contributed by atoms with Crippen molar-refractivity contribution in [2.24, 2.45) is 5.92 Å². The molecule has 1 aromatic carbocycles. The van der Waals surface area contributed by atoms with Gasteiger partial charge in [0.2, 0.25) is 5.88 Å². The number of nitrogens with zero attached hydrogens (tertiary/aromatic N) is 4. The molecular formula is C21H22N6O2. The first-order chi connectivity index (χ1) is 14.1. The van der Waals surface area contributed by atoms with Crippen LogP contribution in [-0.4, -0.2) is 39.0 Å². The monoisotopic (exact) mass is 390 g/mol. The number of fused-ring (bicyclic) bond motifs is 3. The third-order valence-electron chi connectivity index (χ3n) is 4.44. The van der Waals surface area contributed by atoms with Crippen LogP contribution in [-0.2, 0) is 0 Å². The van der Waals surface area contributed by atoms with Gasteiger partial charge in [0, 0.05) is 31.4 Å². The van der Waals surface area contributed by atoms with Crippen molar-refractivity contribution >= 4 is 28.6 Å². The maximum absolute atomic E-state index is 11.4. The lowest BCUT2D eigenvalue weighted by atomic mass is 10.2. The SMILES string of the molecule is CNC(=O)Oc1ccc(-c2cnc3c(NCC(C)C)nc4ccccc4n23)cn1. The zero-order chi connectivity index (χ0) is 20.4. The molecule has 148 valence electrons. The van der Waals surface area contributed by atoms with Gasteiger partial charge >= 0.3 is 6.09 Å². The quantitative estimate of drug-likeness (QED) is 0.539. The number of aromatic nitrogens is 4. The molecule has 0 spiro atoms.